The average molecular weight is 366 g/mol. The molecule has 2 aliphatic carbocycles. The lowest BCUT2D eigenvalue weighted by Crippen LogP contribution is -2.47. The van der Waals surface area contributed by atoms with Crippen LogP contribution in [0.1, 0.15) is 58.3 Å². The zero-order chi connectivity index (χ0) is 18.2. The van der Waals surface area contributed by atoms with Crippen molar-refractivity contribution in [2.75, 3.05) is 46.5 Å². The lowest BCUT2D eigenvalue weighted by Gasteiger charge is -2.34. The van der Waals surface area contributed by atoms with Crippen molar-refractivity contribution in [1.82, 2.24) is 10.2 Å². The second-order valence-electron chi connectivity index (χ2n) is 8.36. The SMILES string of the molecule is CCNC(=NCCC1CC2CCC1C2)N1CCC(OCCCOC)CC1. The molecule has 0 aromatic rings. The molecule has 1 heterocycles. The molecule has 0 amide bonds. The normalized spacial score (nSPS) is 29.5. The molecule has 3 rings (SSSR count). The fourth-order valence-electron chi connectivity index (χ4n) is 5.18. The van der Waals surface area contributed by atoms with Gasteiger partial charge in [0.15, 0.2) is 5.96 Å². The van der Waals surface area contributed by atoms with Crippen LogP contribution in [0.3, 0.4) is 0 Å². The minimum Gasteiger partial charge on any atom is -0.385 e. The quantitative estimate of drug-likeness (QED) is 0.387. The number of ether oxygens (including phenoxy) is 2. The van der Waals surface area contributed by atoms with E-state index in [9.17, 15) is 0 Å². The Morgan fingerprint density at radius 1 is 1.12 bits per heavy atom. The Kier molecular flexibility index (Phi) is 8.06. The first-order chi connectivity index (χ1) is 12.8. The molecule has 1 N–H and O–H groups in total. The van der Waals surface area contributed by atoms with Crippen molar-refractivity contribution in [3.8, 4) is 0 Å². The first-order valence-electron chi connectivity index (χ1n) is 10.9. The second-order valence-corrected chi connectivity index (χ2v) is 8.36. The van der Waals surface area contributed by atoms with Gasteiger partial charge in [0.1, 0.15) is 0 Å². The summed E-state index contributed by atoms with van der Waals surface area (Å²) >= 11 is 0. The molecule has 5 heteroatoms. The molecule has 0 spiro atoms. The van der Waals surface area contributed by atoms with Gasteiger partial charge in [-0.25, -0.2) is 0 Å². The average Bonchev–Trinajstić information content (AvgIpc) is 3.28. The van der Waals surface area contributed by atoms with Gasteiger partial charge in [0.05, 0.1) is 6.10 Å². The molecule has 3 unspecified atom stereocenters. The number of fused-ring (bicyclic) bond motifs is 2. The highest BCUT2D eigenvalue weighted by Crippen LogP contribution is 2.49. The van der Waals surface area contributed by atoms with Crippen LogP contribution in [0.15, 0.2) is 4.99 Å². The van der Waals surface area contributed by atoms with E-state index in [-0.39, 0.29) is 0 Å². The smallest absolute Gasteiger partial charge is 0.193 e. The number of nitrogens with one attached hydrogen (secondary N) is 1. The Hall–Kier alpha value is -0.810. The molecule has 2 saturated carbocycles. The van der Waals surface area contributed by atoms with Crippen LogP contribution in [0, 0.1) is 17.8 Å². The molecular weight excluding hydrogens is 326 g/mol. The van der Waals surface area contributed by atoms with Crippen molar-refractivity contribution < 1.29 is 9.47 Å². The minimum atomic E-state index is 0.403. The van der Waals surface area contributed by atoms with Crippen molar-refractivity contribution in [1.29, 1.82) is 0 Å². The van der Waals surface area contributed by atoms with Crippen molar-refractivity contribution in [3.05, 3.63) is 0 Å². The van der Waals surface area contributed by atoms with Crippen LogP contribution >= 0.6 is 0 Å². The Morgan fingerprint density at radius 2 is 1.96 bits per heavy atom. The molecule has 5 nitrogen and oxygen atoms in total. The fraction of sp³-hybridized carbons (Fsp3) is 0.952. The van der Waals surface area contributed by atoms with Gasteiger partial charge >= 0.3 is 0 Å². The molecule has 0 aromatic heterocycles. The van der Waals surface area contributed by atoms with Crippen LogP contribution in [0.25, 0.3) is 0 Å². The third-order valence-electron chi connectivity index (χ3n) is 6.57. The van der Waals surface area contributed by atoms with E-state index >= 15 is 0 Å². The lowest BCUT2D eigenvalue weighted by atomic mass is 9.86. The first kappa shape index (κ1) is 19.9. The van der Waals surface area contributed by atoms with Crippen LogP contribution in [-0.4, -0.2) is 63.5 Å². The fourth-order valence-corrected chi connectivity index (χ4v) is 5.18. The van der Waals surface area contributed by atoms with E-state index < -0.39 is 0 Å². The summed E-state index contributed by atoms with van der Waals surface area (Å²) in [4.78, 5) is 7.40. The molecule has 26 heavy (non-hydrogen) atoms. The van der Waals surface area contributed by atoms with E-state index in [0.29, 0.717) is 6.10 Å². The van der Waals surface area contributed by atoms with E-state index in [1.165, 1.54) is 32.1 Å². The molecular formula is C21H39N3O2. The first-order valence-corrected chi connectivity index (χ1v) is 10.9. The summed E-state index contributed by atoms with van der Waals surface area (Å²) in [5, 5.41) is 3.51. The summed E-state index contributed by atoms with van der Waals surface area (Å²) in [6.07, 6.45) is 10.8. The molecule has 3 aliphatic rings. The number of hydrogen-bond acceptors (Lipinski definition) is 3. The molecule has 0 aromatic carbocycles. The van der Waals surface area contributed by atoms with Crippen molar-refractivity contribution in [2.24, 2.45) is 22.7 Å². The van der Waals surface area contributed by atoms with E-state index in [2.05, 4.69) is 17.1 Å². The number of methoxy groups -OCH3 is 1. The van der Waals surface area contributed by atoms with E-state index in [1.54, 1.807) is 7.11 Å². The summed E-state index contributed by atoms with van der Waals surface area (Å²) in [5.74, 6) is 4.13. The number of rotatable bonds is 9. The Balaban J connectivity index is 1.38. The zero-order valence-electron chi connectivity index (χ0n) is 16.9. The van der Waals surface area contributed by atoms with Crippen molar-refractivity contribution >= 4 is 5.96 Å². The third-order valence-corrected chi connectivity index (χ3v) is 6.57. The van der Waals surface area contributed by atoms with Crippen LogP contribution in [0.2, 0.25) is 0 Å². The Labute approximate surface area is 159 Å². The summed E-state index contributed by atoms with van der Waals surface area (Å²) in [6, 6.07) is 0. The van der Waals surface area contributed by atoms with Gasteiger partial charge < -0.3 is 19.7 Å². The number of likely N-dealkylation sites (tertiary alicyclic amines) is 1. The van der Waals surface area contributed by atoms with Gasteiger partial charge in [-0.1, -0.05) is 6.42 Å². The summed E-state index contributed by atoms with van der Waals surface area (Å²) in [7, 11) is 1.75. The number of guanidine groups is 1. The van der Waals surface area contributed by atoms with Crippen LogP contribution < -0.4 is 5.32 Å². The number of hydrogen-bond donors (Lipinski definition) is 1. The molecule has 3 fully saturated rings. The minimum absolute atomic E-state index is 0.403. The largest absolute Gasteiger partial charge is 0.385 e. The van der Waals surface area contributed by atoms with E-state index in [1.807, 2.05) is 0 Å². The van der Waals surface area contributed by atoms with E-state index in [0.717, 1.165) is 82.4 Å². The van der Waals surface area contributed by atoms with Gasteiger partial charge in [-0.05, 0) is 69.6 Å². The Morgan fingerprint density at radius 3 is 2.62 bits per heavy atom. The second kappa shape index (κ2) is 10.5. The predicted molar refractivity (Wildman–Crippen MR) is 107 cm³/mol. The highest BCUT2D eigenvalue weighted by molar-refractivity contribution is 5.80. The molecule has 0 radical (unpaired) electrons. The topological polar surface area (TPSA) is 46.1 Å². The Bertz CT molecular complexity index is 435. The van der Waals surface area contributed by atoms with Crippen molar-refractivity contribution in [2.45, 2.75) is 64.4 Å². The predicted octanol–water partition coefficient (Wildman–Crippen LogP) is 3.30. The maximum Gasteiger partial charge on any atom is 0.193 e. The monoisotopic (exact) mass is 365 g/mol. The standard InChI is InChI=1S/C21H39N3O2/c1-3-22-21(23-10-7-19-16-17-5-6-18(19)15-17)24-11-8-20(9-12-24)26-14-4-13-25-2/h17-20H,3-16H2,1-2H3,(H,22,23). The van der Waals surface area contributed by atoms with Crippen molar-refractivity contribution in [3.63, 3.8) is 0 Å². The lowest BCUT2D eigenvalue weighted by molar-refractivity contribution is 0.00990. The van der Waals surface area contributed by atoms with E-state index in [4.69, 9.17) is 14.5 Å². The summed E-state index contributed by atoms with van der Waals surface area (Å²) in [6.45, 7) is 7.81. The van der Waals surface area contributed by atoms with Gasteiger partial charge in [-0.2, -0.15) is 0 Å². The molecule has 1 aliphatic heterocycles. The number of piperidine rings is 1. The summed E-state index contributed by atoms with van der Waals surface area (Å²) in [5.41, 5.74) is 0. The maximum absolute atomic E-state index is 5.98. The third kappa shape index (κ3) is 5.59. The van der Waals surface area contributed by atoms with Gasteiger partial charge in [-0.3, -0.25) is 4.99 Å². The summed E-state index contributed by atoms with van der Waals surface area (Å²) < 4.78 is 11.1. The van der Waals surface area contributed by atoms with Crippen LogP contribution in [0.5, 0.6) is 0 Å². The molecule has 2 bridgehead atoms. The highest BCUT2D eigenvalue weighted by Gasteiger charge is 2.38. The number of aliphatic imine (C=N–C) groups is 1. The van der Waals surface area contributed by atoms with Gasteiger partial charge in [0, 0.05) is 46.5 Å². The molecule has 1 saturated heterocycles. The number of nitrogens with zero attached hydrogens (tertiary/aromatic N) is 2. The highest BCUT2D eigenvalue weighted by atomic mass is 16.5. The van der Waals surface area contributed by atoms with Gasteiger partial charge in [0.25, 0.3) is 0 Å². The zero-order valence-corrected chi connectivity index (χ0v) is 16.9. The van der Waals surface area contributed by atoms with Gasteiger partial charge in [-0.15, -0.1) is 0 Å². The van der Waals surface area contributed by atoms with Crippen LogP contribution in [-0.2, 0) is 9.47 Å². The maximum atomic E-state index is 5.98. The van der Waals surface area contributed by atoms with Crippen LogP contribution in [0.4, 0.5) is 0 Å². The van der Waals surface area contributed by atoms with Gasteiger partial charge in [0.2, 0.25) is 0 Å². The molecule has 3 atom stereocenters. The molecule has 150 valence electrons.